The van der Waals surface area contributed by atoms with E-state index in [1.807, 2.05) is 49.7 Å². The van der Waals surface area contributed by atoms with Crippen molar-refractivity contribution in [2.45, 2.75) is 54.3 Å². The zero-order valence-electron chi connectivity index (χ0n) is 17.9. The van der Waals surface area contributed by atoms with Gasteiger partial charge < -0.3 is 14.2 Å². The molecule has 0 saturated heterocycles. The first-order valence-corrected chi connectivity index (χ1v) is 9.75. The normalized spacial score (nSPS) is 11.0. The molecule has 3 aromatic rings. The Labute approximate surface area is 171 Å². The lowest BCUT2D eigenvalue weighted by atomic mass is 10.1. The number of hydrogen-bond acceptors (Lipinski definition) is 5. The van der Waals surface area contributed by atoms with Gasteiger partial charge >= 0.3 is 0 Å². The minimum absolute atomic E-state index is 0.201. The summed E-state index contributed by atoms with van der Waals surface area (Å²) in [6.07, 6.45) is 0. The van der Waals surface area contributed by atoms with Crippen molar-refractivity contribution >= 4 is 5.91 Å². The fourth-order valence-corrected chi connectivity index (χ4v) is 3.36. The molecule has 0 unspecified atom stereocenters. The van der Waals surface area contributed by atoms with E-state index in [1.165, 1.54) is 0 Å². The smallest absolute Gasteiger partial charge is 0.276 e. The Balaban J connectivity index is 1.78. The summed E-state index contributed by atoms with van der Waals surface area (Å²) in [6.45, 7) is 11.3. The van der Waals surface area contributed by atoms with Gasteiger partial charge in [0.25, 0.3) is 5.91 Å². The van der Waals surface area contributed by atoms with Crippen LogP contribution in [-0.2, 0) is 19.7 Å². The van der Waals surface area contributed by atoms with Crippen LogP contribution < -0.4 is 4.74 Å². The van der Waals surface area contributed by atoms with Crippen molar-refractivity contribution in [2.24, 2.45) is 0 Å². The molecule has 1 amide bonds. The van der Waals surface area contributed by atoms with Crippen LogP contribution in [0.2, 0.25) is 0 Å². The van der Waals surface area contributed by atoms with Crippen molar-refractivity contribution < 1.29 is 14.1 Å². The number of aryl methyl sites for hydroxylation is 4. The Morgan fingerprint density at radius 1 is 1.17 bits per heavy atom. The molecule has 0 fully saturated rings. The molecule has 7 nitrogen and oxygen atoms in total. The van der Waals surface area contributed by atoms with Crippen molar-refractivity contribution in [3.8, 4) is 5.75 Å². The monoisotopic (exact) mass is 396 g/mol. The SMILES string of the molecule is CCn1nc(C)c(CN(C)C(=O)c2noc(C)c2COc2ccccc2C)c1C. The molecule has 154 valence electrons. The van der Waals surface area contributed by atoms with E-state index in [9.17, 15) is 4.79 Å². The molecular weight excluding hydrogens is 368 g/mol. The summed E-state index contributed by atoms with van der Waals surface area (Å²) in [6, 6.07) is 7.77. The van der Waals surface area contributed by atoms with Crippen LogP contribution in [0.1, 0.15) is 51.3 Å². The number of aromatic nitrogens is 3. The predicted molar refractivity (Wildman–Crippen MR) is 110 cm³/mol. The van der Waals surface area contributed by atoms with Crippen molar-refractivity contribution in [1.82, 2.24) is 19.8 Å². The van der Waals surface area contributed by atoms with Gasteiger partial charge in [0.1, 0.15) is 18.1 Å². The highest BCUT2D eigenvalue weighted by molar-refractivity contribution is 5.93. The lowest BCUT2D eigenvalue weighted by Gasteiger charge is -2.17. The Morgan fingerprint density at radius 3 is 2.55 bits per heavy atom. The third kappa shape index (κ3) is 4.18. The summed E-state index contributed by atoms with van der Waals surface area (Å²) in [4.78, 5) is 14.7. The standard InChI is InChI=1S/C22H28N4O3/c1-7-26-16(4)18(15(3)23-26)12-25(6)22(27)21-19(17(5)29-24-21)13-28-20-11-9-8-10-14(20)2/h8-11H,7,12-13H2,1-6H3. The highest BCUT2D eigenvalue weighted by Crippen LogP contribution is 2.22. The third-order valence-electron chi connectivity index (χ3n) is 5.23. The van der Waals surface area contributed by atoms with Crippen LogP contribution in [0.4, 0.5) is 0 Å². The van der Waals surface area contributed by atoms with Gasteiger partial charge in [-0.15, -0.1) is 0 Å². The molecule has 0 aliphatic heterocycles. The van der Waals surface area contributed by atoms with Gasteiger partial charge in [-0.1, -0.05) is 23.4 Å². The van der Waals surface area contributed by atoms with Crippen molar-refractivity contribution in [2.75, 3.05) is 7.05 Å². The first-order valence-electron chi connectivity index (χ1n) is 9.75. The van der Waals surface area contributed by atoms with Crippen LogP contribution in [0.15, 0.2) is 28.8 Å². The van der Waals surface area contributed by atoms with E-state index in [2.05, 4.69) is 17.2 Å². The molecule has 29 heavy (non-hydrogen) atoms. The lowest BCUT2D eigenvalue weighted by molar-refractivity contribution is 0.0772. The van der Waals surface area contributed by atoms with Gasteiger partial charge in [0.15, 0.2) is 5.69 Å². The minimum atomic E-state index is -0.201. The van der Waals surface area contributed by atoms with Crippen molar-refractivity contribution in [1.29, 1.82) is 0 Å². The average molecular weight is 396 g/mol. The molecule has 0 spiro atoms. The molecule has 2 heterocycles. The van der Waals surface area contributed by atoms with Gasteiger partial charge in [-0.3, -0.25) is 9.48 Å². The number of benzene rings is 1. The lowest BCUT2D eigenvalue weighted by Crippen LogP contribution is -2.28. The molecule has 1 aromatic carbocycles. The molecule has 2 aromatic heterocycles. The molecule has 0 aliphatic rings. The van der Waals surface area contributed by atoms with E-state index in [0.717, 1.165) is 34.8 Å². The molecule has 0 N–H and O–H groups in total. The molecule has 0 saturated carbocycles. The Bertz CT molecular complexity index is 1020. The summed E-state index contributed by atoms with van der Waals surface area (Å²) >= 11 is 0. The van der Waals surface area contributed by atoms with Gasteiger partial charge in [-0.25, -0.2) is 0 Å². The third-order valence-corrected chi connectivity index (χ3v) is 5.23. The predicted octanol–water partition coefficient (Wildman–Crippen LogP) is 3.98. The Morgan fingerprint density at radius 2 is 1.90 bits per heavy atom. The highest BCUT2D eigenvalue weighted by atomic mass is 16.5. The number of ether oxygens (including phenoxy) is 1. The second-order valence-corrected chi connectivity index (χ2v) is 7.25. The minimum Gasteiger partial charge on any atom is -0.488 e. The first kappa shape index (κ1) is 20.6. The number of amides is 1. The number of carbonyl (C=O) groups excluding carboxylic acids is 1. The van der Waals surface area contributed by atoms with E-state index >= 15 is 0 Å². The van der Waals surface area contributed by atoms with Crippen LogP contribution in [-0.4, -0.2) is 32.8 Å². The summed E-state index contributed by atoms with van der Waals surface area (Å²) in [5, 5.41) is 8.54. The second-order valence-electron chi connectivity index (χ2n) is 7.25. The van der Waals surface area contributed by atoms with Crippen LogP contribution in [0.25, 0.3) is 0 Å². The van der Waals surface area contributed by atoms with Crippen LogP contribution in [0, 0.1) is 27.7 Å². The van der Waals surface area contributed by atoms with Crippen molar-refractivity contribution in [3.05, 3.63) is 63.8 Å². The summed E-state index contributed by atoms with van der Waals surface area (Å²) in [7, 11) is 1.76. The maximum absolute atomic E-state index is 13.1. The zero-order chi connectivity index (χ0) is 21.1. The summed E-state index contributed by atoms with van der Waals surface area (Å²) in [5.41, 5.74) is 5.05. The van der Waals surface area contributed by atoms with Gasteiger partial charge in [0.05, 0.1) is 11.3 Å². The van der Waals surface area contributed by atoms with Gasteiger partial charge in [-0.2, -0.15) is 5.10 Å². The maximum Gasteiger partial charge on any atom is 0.276 e. The topological polar surface area (TPSA) is 73.4 Å². The molecule has 0 radical (unpaired) electrons. The molecular formula is C22H28N4O3. The second kappa shape index (κ2) is 8.51. The number of nitrogens with zero attached hydrogens (tertiary/aromatic N) is 4. The van der Waals surface area contributed by atoms with Gasteiger partial charge in [0.2, 0.25) is 0 Å². The van der Waals surface area contributed by atoms with E-state index in [4.69, 9.17) is 9.26 Å². The van der Waals surface area contributed by atoms with Crippen molar-refractivity contribution in [3.63, 3.8) is 0 Å². The van der Waals surface area contributed by atoms with E-state index < -0.39 is 0 Å². The molecule has 7 heteroatoms. The largest absolute Gasteiger partial charge is 0.488 e. The quantitative estimate of drug-likeness (QED) is 0.604. The fourth-order valence-electron chi connectivity index (χ4n) is 3.36. The Hall–Kier alpha value is -3.09. The molecule has 3 rings (SSSR count). The maximum atomic E-state index is 13.1. The number of para-hydroxylation sites is 1. The number of rotatable bonds is 7. The van der Waals surface area contributed by atoms with E-state index in [-0.39, 0.29) is 18.2 Å². The van der Waals surface area contributed by atoms with Gasteiger partial charge in [0, 0.05) is 31.4 Å². The molecule has 0 atom stereocenters. The van der Waals surface area contributed by atoms with E-state index in [0.29, 0.717) is 17.9 Å². The van der Waals surface area contributed by atoms with Crippen LogP contribution >= 0.6 is 0 Å². The fraction of sp³-hybridized carbons (Fsp3) is 0.409. The summed E-state index contributed by atoms with van der Waals surface area (Å²) < 4.78 is 13.2. The summed E-state index contributed by atoms with van der Waals surface area (Å²) in [5.74, 6) is 1.16. The van der Waals surface area contributed by atoms with Crippen LogP contribution in [0.5, 0.6) is 5.75 Å². The van der Waals surface area contributed by atoms with Gasteiger partial charge in [-0.05, 0) is 46.2 Å². The number of hydrogen-bond donors (Lipinski definition) is 0. The number of carbonyl (C=O) groups is 1. The molecule has 0 aliphatic carbocycles. The first-order chi connectivity index (χ1) is 13.8. The van der Waals surface area contributed by atoms with Crippen LogP contribution in [0.3, 0.4) is 0 Å². The Kier molecular flexibility index (Phi) is 6.06. The zero-order valence-corrected chi connectivity index (χ0v) is 17.9. The average Bonchev–Trinajstić information content (AvgIpc) is 3.20. The van der Waals surface area contributed by atoms with E-state index in [1.54, 1.807) is 18.9 Å². The molecule has 0 bridgehead atoms. The highest BCUT2D eigenvalue weighted by Gasteiger charge is 2.25.